The lowest BCUT2D eigenvalue weighted by Gasteiger charge is -2.42. The number of hydrogen-bond donors (Lipinski definition) is 1. The molecule has 0 radical (unpaired) electrons. The molecule has 1 fully saturated rings. The molecule has 0 saturated heterocycles. The normalized spacial score (nSPS) is 41.4. The monoisotopic (exact) mass is 362 g/mol. The summed E-state index contributed by atoms with van der Waals surface area (Å²) in [5.41, 5.74) is 0.644. The largest absolute Gasteiger partial charge is 0.491 e. The number of aliphatic hydroxyl groups is 1. The predicted molar refractivity (Wildman–Crippen MR) is 101 cm³/mol. The van der Waals surface area contributed by atoms with Gasteiger partial charge < -0.3 is 14.6 Å². The first-order valence-electron chi connectivity index (χ1n) is 9.97. The molecule has 4 nitrogen and oxygen atoms in total. The van der Waals surface area contributed by atoms with E-state index in [1.54, 1.807) is 0 Å². The summed E-state index contributed by atoms with van der Waals surface area (Å²) in [6.07, 6.45) is 7.72. The van der Waals surface area contributed by atoms with Gasteiger partial charge in [0.25, 0.3) is 0 Å². The first-order valence-corrected chi connectivity index (χ1v) is 9.97. The highest BCUT2D eigenvalue weighted by Crippen LogP contribution is 2.57. The van der Waals surface area contributed by atoms with Gasteiger partial charge in [0.05, 0.1) is 0 Å². The van der Waals surface area contributed by atoms with E-state index in [2.05, 4.69) is 32.9 Å². The van der Waals surface area contributed by atoms with Crippen molar-refractivity contribution in [2.24, 2.45) is 23.2 Å². The van der Waals surface area contributed by atoms with E-state index in [0.29, 0.717) is 12.3 Å². The van der Waals surface area contributed by atoms with Gasteiger partial charge in [-0.3, -0.25) is 4.79 Å². The highest BCUT2D eigenvalue weighted by Gasteiger charge is 2.55. The Balaban J connectivity index is 2.00. The first kappa shape index (κ1) is 19.5. The Morgan fingerprint density at radius 2 is 2.12 bits per heavy atom. The van der Waals surface area contributed by atoms with E-state index in [9.17, 15) is 9.90 Å². The Morgan fingerprint density at radius 1 is 1.42 bits per heavy atom. The number of aliphatic hydroxyl groups excluding tert-OH is 1. The second kappa shape index (κ2) is 6.70. The maximum Gasteiger partial charge on any atom is 0.303 e. The summed E-state index contributed by atoms with van der Waals surface area (Å²) in [6.45, 7) is 12.1. The van der Waals surface area contributed by atoms with E-state index in [1.165, 1.54) is 6.92 Å². The van der Waals surface area contributed by atoms with Gasteiger partial charge in [0.15, 0.2) is 0 Å². The summed E-state index contributed by atoms with van der Waals surface area (Å²) in [5, 5.41) is 10.6. The fraction of sp³-hybridized carbons (Fsp3) is 0.773. The van der Waals surface area contributed by atoms with Crippen LogP contribution >= 0.6 is 0 Å². The second-order valence-electron chi connectivity index (χ2n) is 9.47. The zero-order valence-electron chi connectivity index (χ0n) is 17.0. The topological polar surface area (TPSA) is 55.8 Å². The van der Waals surface area contributed by atoms with Crippen LogP contribution in [0.1, 0.15) is 67.2 Å². The van der Waals surface area contributed by atoms with Gasteiger partial charge in [-0.15, -0.1) is 0 Å². The van der Waals surface area contributed by atoms with E-state index in [0.717, 1.165) is 30.6 Å². The third-order valence-corrected chi connectivity index (χ3v) is 6.80. The second-order valence-corrected chi connectivity index (χ2v) is 9.47. The standard InChI is InChI=1S/C22H34O4/c1-13-7-9-22(6)10-8-16(21(4,5)26-15(3)23)19(22)18-12-14(2)20(25-18)17(24)11-13/h7,9,13,16-19,24H,8,10-12H2,1-6H3/b9-7+/t13-,16+,17+,18+,19?,22-/m0/s1. The predicted octanol–water partition coefficient (Wildman–Crippen LogP) is 4.38. The van der Waals surface area contributed by atoms with Crippen molar-refractivity contribution in [1.82, 2.24) is 0 Å². The van der Waals surface area contributed by atoms with Crippen molar-refractivity contribution in [3.63, 3.8) is 0 Å². The van der Waals surface area contributed by atoms with Gasteiger partial charge >= 0.3 is 5.97 Å². The van der Waals surface area contributed by atoms with Crippen molar-refractivity contribution in [2.75, 3.05) is 0 Å². The number of carbonyl (C=O) groups excluding carboxylic acids is 1. The van der Waals surface area contributed by atoms with Gasteiger partial charge in [-0.1, -0.05) is 26.0 Å². The van der Waals surface area contributed by atoms with Gasteiger partial charge in [0, 0.05) is 25.2 Å². The Hall–Kier alpha value is -1.29. The molecule has 0 aromatic carbocycles. The molecule has 2 bridgehead atoms. The van der Waals surface area contributed by atoms with Crippen LogP contribution < -0.4 is 0 Å². The molecule has 1 N–H and O–H groups in total. The number of ether oxygens (including phenoxy) is 2. The molecular formula is C22H34O4. The molecule has 3 aliphatic rings. The van der Waals surface area contributed by atoms with Crippen LogP contribution in [-0.4, -0.2) is 28.9 Å². The van der Waals surface area contributed by atoms with Crippen LogP contribution in [0.5, 0.6) is 0 Å². The third kappa shape index (κ3) is 3.45. The van der Waals surface area contributed by atoms with Crippen molar-refractivity contribution in [1.29, 1.82) is 0 Å². The SMILES string of the molecule is CC(=O)OC(C)(C)[C@@H]1CC[C@]2(C)/C=C/[C@H](C)C[C@@H](O)C3=C(C)C[C@@H](O3)C12. The summed E-state index contributed by atoms with van der Waals surface area (Å²) in [4.78, 5) is 11.7. The van der Waals surface area contributed by atoms with E-state index in [1.807, 2.05) is 13.8 Å². The molecule has 146 valence electrons. The lowest BCUT2D eigenvalue weighted by atomic mass is 9.68. The fourth-order valence-electron chi connectivity index (χ4n) is 5.57. The highest BCUT2D eigenvalue weighted by atomic mass is 16.6. The zero-order valence-corrected chi connectivity index (χ0v) is 17.0. The van der Waals surface area contributed by atoms with E-state index in [-0.39, 0.29) is 29.3 Å². The van der Waals surface area contributed by atoms with E-state index in [4.69, 9.17) is 9.47 Å². The minimum atomic E-state index is -0.537. The zero-order chi connectivity index (χ0) is 19.3. The van der Waals surface area contributed by atoms with Crippen molar-refractivity contribution >= 4 is 5.97 Å². The maximum atomic E-state index is 11.7. The molecule has 1 unspecified atom stereocenters. The van der Waals surface area contributed by atoms with Crippen LogP contribution in [0.15, 0.2) is 23.5 Å². The Bertz CT molecular complexity index is 632. The van der Waals surface area contributed by atoms with Crippen LogP contribution in [0.25, 0.3) is 0 Å². The summed E-state index contributed by atoms with van der Waals surface area (Å²) < 4.78 is 12.1. The van der Waals surface area contributed by atoms with Gasteiger partial charge in [0.2, 0.25) is 0 Å². The highest BCUT2D eigenvalue weighted by molar-refractivity contribution is 5.66. The lowest BCUT2D eigenvalue weighted by Crippen LogP contribution is -2.45. The number of esters is 1. The smallest absolute Gasteiger partial charge is 0.303 e. The number of fused-ring (bicyclic) bond motifs is 4. The maximum absolute atomic E-state index is 11.7. The minimum absolute atomic E-state index is 0.0129. The van der Waals surface area contributed by atoms with Crippen LogP contribution in [-0.2, 0) is 14.3 Å². The molecule has 4 heteroatoms. The Morgan fingerprint density at radius 3 is 2.77 bits per heavy atom. The van der Waals surface area contributed by atoms with Crippen LogP contribution in [0.4, 0.5) is 0 Å². The molecular weight excluding hydrogens is 328 g/mol. The van der Waals surface area contributed by atoms with Crippen molar-refractivity contribution in [3.05, 3.63) is 23.5 Å². The van der Waals surface area contributed by atoms with Crippen molar-refractivity contribution in [3.8, 4) is 0 Å². The van der Waals surface area contributed by atoms with Gasteiger partial charge in [-0.05, 0) is 56.9 Å². The average Bonchev–Trinajstić information content (AvgIpc) is 3.04. The van der Waals surface area contributed by atoms with Crippen LogP contribution in [0, 0.1) is 23.2 Å². The molecule has 0 amide bonds. The summed E-state index contributed by atoms with van der Waals surface area (Å²) in [5.74, 6) is 1.31. The quantitative estimate of drug-likeness (QED) is 0.585. The van der Waals surface area contributed by atoms with Crippen LogP contribution in [0.2, 0.25) is 0 Å². The molecule has 0 spiro atoms. The molecule has 6 atom stereocenters. The molecule has 0 aromatic rings. The third-order valence-electron chi connectivity index (χ3n) is 6.80. The summed E-state index contributed by atoms with van der Waals surface area (Å²) in [6, 6.07) is 0. The molecule has 2 heterocycles. The Kier molecular flexibility index (Phi) is 5.02. The molecule has 26 heavy (non-hydrogen) atoms. The average molecular weight is 363 g/mol. The molecule has 2 aliphatic heterocycles. The number of allylic oxidation sites excluding steroid dienone is 2. The van der Waals surface area contributed by atoms with Crippen molar-refractivity contribution < 1.29 is 19.4 Å². The van der Waals surface area contributed by atoms with E-state index < -0.39 is 11.7 Å². The van der Waals surface area contributed by atoms with Crippen molar-refractivity contribution in [2.45, 2.75) is 85.0 Å². The molecule has 1 aliphatic carbocycles. The lowest BCUT2D eigenvalue weighted by molar-refractivity contribution is -0.163. The Labute approximate surface area is 157 Å². The number of rotatable bonds is 2. The summed E-state index contributed by atoms with van der Waals surface area (Å²) >= 11 is 0. The van der Waals surface area contributed by atoms with Gasteiger partial charge in [-0.25, -0.2) is 0 Å². The number of hydrogen-bond acceptors (Lipinski definition) is 4. The molecule has 0 aromatic heterocycles. The first-order chi connectivity index (χ1) is 12.0. The molecule has 1 saturated carbocycles. The van der Waals surface area contributed by atoms with Crippen LogP contribution in [0.3, 0.4) is 0 Å². The van der Waals surface area contributed by atoms with Gasteiger partial charge in [-0.2, -0.15) is 0 Å². The minimum Gasteiger partial charge on any atom is -0.491 e. The van der Waals surface area contributed by atoms with Gasteiger partial charge in [0.1, 0.15) is 23.6 Å². The fourth-order valence-corrected chi connectivity index (χ4v) is 5.57. The van der Waals surface area contributed by atoms with E-state index >= 15 is 0 Å². The summed E-state index contributed by atoms with van der Waals surface area (Å²) in [7, 11) is 0. The number of carbonyl (C=O) groups is 1. The molecule has 3 rings (SSSR count).